The van der Waals surface area contributed by atoms with Crippen LogP contribution < -0.4 is 20.5 Å². The molecule has 0 bridgehead atoms. The van der Waals surface area contributed by atoms with E-state index in [0.717, 1.165) is 72.6 Å². The van der Waals surface area contributed by atoms with E-state index in [1.807, 2.05) is 57.5 Å². The highest BCUT2D eigenvalue weighted by Crippen LogP contribution is 2.47. The van der Waals surface area contributed by atoms with Gasteiger partial charge in [0.2, 0.25) is 0 Å². The van der Waals surface area contributed by atoms with Crippen LogP contribution in [0, 0.1) is 37.3 Å². The van der Waals surface area contributed by atoms with Gasteiger partial charge in [0.15, 0.2) is 23.1 Å². The molecule has 73 heavy (non-hydrogen) atoms. The van der Waals surface area contributed by atoms with E-state index >= 15 is 4.39 Å². The van der Waals surface area contributed by atoms with E-state index in [1.165, 1.54) is 31.0 Å². The number of halogens is 2. The molecule has 372 valence electrons. The third-order valence-corrected chi connectivity index (χ3v) is 14.3. The number of fused-ring (bicyclic) bond motifs is 6. The Morgan fingerprint density at radius 1 is 0.671 bits per heavy atom. The van der Waals surface area contributed by atoms with Crippen LogP contribution in [0.4, 0.5) is 20.2 Å². The zero-order valence-electron chi connectivity index (χ0n) is 39.9. The summed E-state index contributed by atoms with van der Waals surface area (Å²) in [6, 6.07) is 16.9. The maximum Gasteiger partial charge on any atom is 0.338 e. The molecule has 4 saturated carbocycles. The fraction of sp³-hybridized carbons (Fsp3) is 0.346. The number of nitrogen functional groups attached to an aromatic ring is 1. The number of imidazole rings is 2. The molecule has 4 aromatic carbocycles. The van der Waals surface area contributed by atoms with Crippen molar-refractivity contribution in [3.8, 4) is 45.6 Å². The SMILES string of the molecule is Cc1cc(F)c(C(=O)Nc2cccc3c2OC[C@@H](C2CC2)n2nnnc2-3)cc1-n1cnc(C2CC2)c1.Cc1cc(F)c(C(=O)O)cc1-n1cnc(C2CC2)c1.Nc1cccc2c1OC[C@@H](C1CC1)n1nnnc1-2. The summed E-state index contributed by atoms with van der Waals surface area (Å²) in [5.41, 5.74) is 13.1. The Balaban J connectivity index is 0.000000123. The number of ether oxygens (including phenoxy) is 2. The van der Waals surface area contributed by atoms with Crippen molar-refractivity contribution in [2.24, 2.45) is 11.8 Å². The van der Waals surface area contributed by atoms with E-state index in [9.17, 15) is 14.0 Å². The van der Waals surface area contributed by atoms with Crippen LogP contribution in [0.2, 0.25) is 0 Å². The highest BCUT2D eigenvalue weighted by atomic mass is 19.1. The molecule has 0 radical (unpaired) electrons. The molecule has 21 heteroatoms. The number of rotatable bonds is 9. The molecule has 0 unspecified atom stereocenters. The molecule has 8 aromatic rings. The van der Waals surface area contributed by atoms with Crippen molar-refractivity contribution in [3.63, 3.8) is 0 Å². The van der Waals surface area contributed by atoms with Crippen molar-refractivity contribution in [1.82, 2.24) is 59.5 Å². The Morgan fingerprint density at radius 3 is 1.68 bits per heavy atom. The Morgan fingerprint density at radius 2 is 1.16 bits per heavy atom. The van der Waals surface area contributed by atoms with Gasteiger partial charge in [0.1, 0.15) is 24.8 Å². The van der Waals surface area contributed by atoms with Crippen molar-refractivity contribution in [1.29, 1.82) is 0 Å². The number of carboxylic acids is 1. The largest absolute Gasteiger partial charge is 0.488 e. The van der Waals surface area contributed by atoms with E-state index in [1.54, 1.807) is 42.3 Å². The molecule has 2 aliphatic heterocycles. The van der Waals surface area contributed by atoms with Crippen LogP contribution in [-0.2, 0) is 0 Å². The lowest BCUT2D eigenvalue weighted by molar-refractivity contribution is 0.0691. The van der Waals surface area contributed by atoms with Crippen molar-refractivity contribution in [2.45, 2.75) is 89.1 Å². The van der Waals surface area contributed by atoms with Crippen LogP contribution in [-0.4, -0.2) is 89.7 Å². The number of carbonyl (C=O) groups is 2. The summed E-state index contributed by atoms with van der Waals surface area (Å²) in [4.78, 5) is 33.1. The van der Waals surface area contributed by atoms with Gasteiger partial charge in [-0.15, -0.1) is 10.2 Å². The highest BCUT2D eigenvalue weighted by Gasteiger charge is 2.40. The first-order valence-corrected chi connectivity index (χ1v) is 24.5. The number of nitrogens with two attached hydrogens (primary N) is 1. The minimum Gasteiger partial charge on any atom is -0.488 e. The highest BCUT2D eigenvalue weighted by molar-refractivity contribution is 6.06. The van der Waals surface area contributed by atoms with Crippen LogP contribution in [0.25, 0.3) is 34.2 Å². The molecule has 14 rings (SSSR count). The first-order valence-electron chi connectivity index (χ1n) is 24.5. The van der Waals surface area contributed by atoms with E-state index in [-0.39, 0.29) is 23.2 Å². The third kappa shape index (κ3) is 9.03. The molecule has 2 atom stereocenters. The summed E-state index contributed by atoms with van der Waals surface area (Å²) in [5.74, 6) is 1.57. The topological polar surface area (TPSA) is 234 Å². The maximum atomic E-state index is 15.0. The number of para-hydroxylation sites is 2. The minimum absolute atomic E-state index is 0.0405. The van der Waals surface area contributed by atoms with E-state index in [2.05, 4.69) is 46.3 Å². The predicted molar refractivity (Wildman–Crippen MR) is 261 cm³/mol. The van der Waals surface area contributed by atoms with Gasteiger partial charge in [-0.25, -0.2) is 32.9 Å². The molecular weight excluding hydrogens is 939 g/mol. The Labute approximate surface area is 416 Å². The van der Waals surface area contributed by atoms with E-state index < -0.39 is 23.5 Å². The summed E-state index contributed by atoms with van der Waals surface area (Å²) in [6.45, 7) is 4.56. The maximum absolute atomic E-state index is 15.0. The second-order valence-corrected chi connectivity index (χ2v) is 19.7. The summed E-state index contributed by atoms with van der Waals surface area (Å²) in [7, 11) is 0. The van der Waals surface area contributed by atoms with Crippen LogP contribution >= 0.6 is 0 Å². The normalized spacial score (nSPS) is 18.4. The third-order valence-electron chi connectivity index (χ3n) is 14.3. The molecule has 0 spiro atoms. The van der Waals surface area contributed by atoms with E-state index in [0.29, 0.717) is 82.4 Å². The number of benzene rings is 4. The summed E-state index contributed by atoms with van der Waals surface area (Å²) in [5, 5.41) is 36.2. The average molecular weight is 989 g/mol. The van der Waals surface area contributed by atoms with Gasteiger partial charge in [0.05, 0.1) is 81.1 Å². The fourth-order valence-corrected chi connectivity index (χ4v) is 9.69. The Bertz CT molecular complexity index is 3440. The molecule has 19 nitrogen and oxygen atoms in total. The van der Waals surface area contributed by atoms with Gasteiger partial charge in [-0.1, -0.05) is 12.1 Å². The standard InChI is InChI=1S/C26H24FN7O2.C14H13FN2O2.C12H13N5O/c1-14-9-19(27)18(10-22(14)33-11-21(28-13-33)15-5-6-15)26(35)29-20-4-2-3-17-24(20)36-12-23(16-7-8-16)34-25(17)30-31-32-34;1-8-4-11(15)10(14(18)19)5-13(8)17-6-12(16-7-17)9-2-3-9;13-9-3-1-2-8-11(9)18-6-10(7-4-5-7)17-12(8)14-15-16-17/h2-4,9-11,13,15-16,23H,5-8,12H2,1H3,(H,29,35);4-7,9H,2-3H2,1H3,(H,18,19);1-3,7,10H,4-6,13H2/t23-;;10-/m0.0/s1. The molecular formula is C52H50F2N14O5. The van der Waals surface area contributed by atoms with Gasteiger partial charge in [-0.05, 0) is 158 Å². The monoisotopic (exact) mass is 988 g/mol. The lowest BCUT2D eigenvalue weighted by atomic mass is 10.1. The number of anilines is 2. The zero-order chi connectivity index (χ0) is 50.1. The minimum atomic E-state index is -1.26. The molecule has 6 aliphatic rings. The van der Waals surface area contributed by atoms with Gasteiger partial charge in [0, 0.05) is 24.2 Å². The molecule has 4 fully saturated rings. The summed E-state index contributed by atoms with van der Waals surface area (Å²) < 4.78 is 47.9. The predicted octanol–water partition coefficient (Wildman–Crippen LogP) is 8.61. The number of nitrogens with zero attached hydrogens (tertiary/aromatic N) is 12. The van der Waals surface area contributed by atoms with Gasteiger partial charge in [-0.2, -0.15) is 0 Å². The molecule has 0 saturated heterocycles. The number of aromatic carboxylic acids is 1. The molecule has 4 N–H and O–H groups in total. The van der Waals surface area contributed by atoms with Gasteiger partial charge in [0.25, 0.3) is 5.91 Å². The van der Waals surface area contributed by atoms with Gasteiger partial charge < -0.3 is 34.8 Å². The first-order chi connectivity index (χ1) is 35.5. The number of carboxylic acid groups (broad SMARTS) is 1. The van der Waals surface area contributed by atoms with Crippen molar-refractivity contribution in [2.75, 3.05) is 24.3 Å². The summed E-state index contributed by atoms with van der Waals surface area (Å²) >= 11 is 0. The lowest BCUT2D eigenvalue weighted by Gasteiger charge is -2.16. The average Bonchev–Trinajstić information content (AvgIpc) is 4.23. The number of carbonyl (C=O) groups excluding carboxylic acids is 1. The van der Waals surface area contributed by atoms with Crippen molar-refractivity contribution in [3.05, 3.63) is 131 Å². The number of amides is 1. The second kappa shape index (κ2) is 18.4. The Hall–Kier alpha value is -8.36. The lowest BCUT2D eigenvalue weighted by Crippen LogP contribution is -2.20. The van der Waals surface area contributed by atoms with Gasteiger partial charge >= 0.3 is 5.97 Å². The molecule has 4 aromatic heterocycles. The smallest absolute Gasteiger partial charge is 0.338 e. The summed E-state index contributed by atoms with van der Waals surface area (Å²) in [6.07, 6.45) is 16.5. The molecule has 4 aliphatic carbocycles. The van der Waals surface area contributed by atoms with Crippen molar-refractivity contribution < 1.29 is 33.0 Å². The number of tetrazole rings is 2. The number of hydrogen-bond acceptors (Lipinski definition) is 13. The number of aromatic nitrogens is 12. The Kier molecular flexibility index (Phi) is 11.5. The second-order valence-electron chi connectivity index (χ2n) is 19.7. The van der Waals surface area contributed by atoms with Crippen LogP contribution in [0.1, 0.15) is 119 Å². The van der Waals surface area contributed by atoms with Crippen LogP contribution in [0.3, 0.4) is 0 Å². The first kappa shape index (κ1) is 45.8. The fourth-order valence-electron chi connectivity index (χ4n) is 9.69. The molecule has 1 amide bonds. The number of nitrogens with one attached hydrogen (secondary N) is 1. The van der Waals surface area contributed by atoms with Gasteiger partial charge in [-0.3, -0.25) is 4.79 Å². The number of aryl methyl sites for hydroxylation is 2. The van der Waals surface area contributed by atoms with Crippen LogP contribution in [0.5, 0.6) is 11.5 Å². The number of hydrogen-bond donors (Lipinski definition) is 3. The van der Waals surface area contributed by atoms with E-state index in [4.69, 9.17) is 20.3 Å². The van der Waals surface area contributed by atoms with Crippen molar-refractivity contribution >= 4 is 23.3 Å². The zero-order valence-corrected chi connectivity index (χ0v) is 39.9. The quantitative estimate of drug-likeness (QED) is 0.115. The van der Waals surface area contributed by atoms with Crippen LogP contribution in [0.15, 0.2) is 85.7 Å². The molecule has 6 heterocycles.